The fraction of sp³-hybridized carbons (Fsp3) is 0.800. The van der Waals surface area contributed by atoms with Gasteiger partial charge in [0.2, 0.25) is 0 Å². The number of hydrogen-bond donors (Lipinski definition) is 2. The van der Waals surface area contributed by atoms with Gasteiger partial charge in [-0.2, -0.15) is 13.2 Å². The van der Waals surface area contributed by atoms with Crippen molar-refractivity contribution < 1.29 is 37.1 Å². The van der Waals surface area contributed by atoms with Crippen LogP contribution < -0.4 is 5.32 Å². The number of carboxylic acids is 1. The average molecular weight is 851 g/mol. The number of aromatic nitrogens is 1. The Kier molecular flexibility index (Phi) is 31.8. The number of aryl methyl sites for hydroxylation is 1. The summed E-state index contributed by atoms with van der Waals surface area (Å²) in [7, 11) is 0. The lowest BCUT2D eigenvalue weighted by Crippen LogP contribution is -2.30. The van der Waals surface area contributed by atoms with Gasteiger partial charge >= 0.3 is 12.1 Å². The highest BCUT2D eigenvalue weighted by Crippen LogP contribution is 2.38. The van der Waals surface area contributed by atoms with Crippen LogP contribution in [0, 0.1) is 6.92 Å². The van der Waals surface area contributed by atoms with E-state index < -0.39 is 52.7 Å². The van der Waals surface area contributed by atoms with Crippen molar-refractivity contribution >= 4 is 23.2 Å². The Balaban J connectivity index is 2.78. The lowest BCUT2D eigenvalue weighted by atomic mass is 9.90. The second kappa shape index (κ2) is 34.7. The van der Waals surface area contributed by atoms with Crippen molar-refractivity contribution in [3.63, 3.8) is 0 Å². The van der Waals surface area contributed by atoms with Crippen molar-refractivity contribution in [2.75, 3.05) is 6.54 Å². The summed E-state index contributed by atoms with van der Waals surface area (Å²) < 4.78 is 48.4. The number of alkyl halides is 3. The van der Waals surface area contributed by atoms with Gasteiger partial charge in [0.1, 0.15) is 5.69 Å². The summed E-state index contributed by atoms with van der Waals surface area (Å²) >= 11 is 0. The second-order valence-electron chi connectivity index (χ2n) is 17.4. The molecule has 0 aliphatic carbocycles. The van der Waals surface area contributed by atoms with E-state index >= 15 is 0 Å². The number of rotatable bonds is 39. The van der Waals surface area contributed by atoms with Gasteiger partial charge in [-0.05, 0) is 26.7 Å². The number of halogens is 3. The predicted octanol–water partition coefficient (Wildman–Crippen LogP) is 15.9. The third-order valence-electron chi connectivity index (χ3n) is 11.5. The smallest absolute Gasteiger partial charge is 0.393 e. The van der Waals surface area contributed by atoms with E-state index in [1.165, 1.54) is 156 Å². The first-order valence-electron chi connectivity index (χ1n) is 24.3. The largest absolute Gasteiger partial charge is 0.478 e. The fourth-order valence-corrected chi connectivity index (χ4v) is 8.02. The normalized spacial score (nSPS) is 12.1. The van der Waals surface area contributed by atoms with Crippen molar-refractivity contribution in [3.05, 3.63) is 34.1 Å². The molecular formula is C50H85F3N2O5. The summed E-state index contributed by atoms with van der Waals surface area (Å²) in [6, 6.07) is 0. The van der Waals surface area contributed by atoms with E-state index in [2.05, 4.69) is 24.1 Å². The number of amides is 1. The maximum Gasteiger partial charge on any atom is 0.393 e. The first-order valence-corrected chi connectivity index (χ1v) is 24.3. The van der Waals surface area contributed by atoms with Crippen molar-refractivity contribution in [2.45, 2.75) is 253 Å². The Bertz CT molecular complexity index is 1380. The summed E-state index contributed by atoms with van der Waals surface area (Å²) in [6.07, 6.45) is 30.1. The summed E-state index contributed by atoms with van der Waals surface area (Å²) in [6.45, 7) is 8.96. The van der Waals surface area contributed by atoms with Gasteiger partial charge in [0.25, 0.3) is 5.91 Å². The molecule has 0 unspecified atom stereocenters. The van der Waals surface area contributed by atoms with E-state index in [-0.39, 0.29) is 30.2 Å². The zero-order valence-electron chi connectivity index (χ0n) is 38.7. The number of aliphatic carboxylic acids is 1. The van der Waals surface area contributed by atoms with Gasteiger partial charge in [-0.3, -0.25) is 9.59 Å². The molecule has 7 nitrogen and oxygen atoms in total. The quantitative estimate of drug-likeness (QED) is 0.0295. The van der Waals surface area contributed by atoms with Gasteiger partial charge < -0.3 is 14.8 Å². The van der Waals surface area contributed by atoms with E-state index in [1.54, 1.807) is 0 Å². The lowest BCUT2D eigenvalue weighted by Gasteiger charge is -2.18. The molecule has 0 saturated carbocycles. The molecule has 0 atom stereocenters. The van der Waals surface area contributed by atoms with Crippen LogP contribution in [0.5, 0.6) is 0 Å². The molecule has 1 heterocycles. The van der Waals surface area contributed by atoms with E-state index in [4.69, 9.17) is 4.42 Å². The molecule has 1 amide bonds. The van der Waals surface area contributed by atoms with Crippen molar-refractivity contribution in [1.29, 1.82) is 0 Å². The van der Waals surface area contributed by atoms with Gasteiger partial charge in [0.15, 0.2) is 17.4 Å². The van der Waals surface area contributed by atoms with Crippen molar-refractivity contribution in [2.24, 2.45) is 0 Å². The molecule has 1 aromatic heterocycles. The van der Waals surface area contributed by atoms with Crippen LogP contribution in [0.2, 0.25) is 0 Å². The topological polar surface area (TPSA) is 110 Å². The van der Waals surface area contributed by atoms with Gasteiger partial charge in [0, 0.05) is 25.5 Å². The van der Waals surface area contributed by atoms with Crippen molar-refractivity contribution in [1.82, 2.24) is 10.3 Å². The number of nitrogens with zero attached hydrogens (tertiary/aromatic N) is 1. The Morgan fingerprint density at radius 3 is 1.30 bits per heavy atom. The molecule has 1 rings (SSSR count). The number of carboxylic acid groups (broad SMARTS) is 1. The number of carbonyl (C=O) groups excluding carboxylic acids is 2. The number of carbonyl (C=O) groups is 3. The molecule has 0 aliphatic rings. The van der Waals surface area contributed by atoms with Crippen LogP contribution >= 0.6 is 0 Å². The molecule has 0 bridgehead atoms. The highest BCUT2D eigenvalue weighted by Gasteiger charge is 2.38. The predicted molar refractivity (Wildman–Crippen MR) is 241 cm³/mol. The number of nitrogens with one attached hydrogen (secondary N) is 1. The molecule has 0 fully saturated rings. The minimum Gasteiger partial charge on any atom is -0.478 e. The number of allylic oxidation sites excluding steroid dienone is 2. The molecule has 0 spiro atoms. The molecule has 10 heteroatoms. The lowest BCUT2D eigenvalue weighted by molar-refractivity contribution is -0.133. The minimum absolute atomic E-state index is 0.0356. The number of ketones is 1. The molecule has 60 heavy (non-hydrogen) atoms. The fourth-order valence-electron chi connectivity index (χ4n) is 8.02. The number of Topliss-reactive ketones (excluding diaryl/α,β-unsaturated/α-hetero) is 1. The first-order chi connectivity index (χ1) is 28.8. The summed E-state index contributed by atoms with van der Waals surface area (Å²) in [5.41, 5.74) is -2.10. The van der Waals surface area contributed by atoms with Gasteiger partial charge in [0.05, 0.1) is 17.6 Å². The molecule has 0 saturated heterocycles. The van der Waals surface area contributed by atoms with E-state index in [0.717, 1.165) is 51.4 Å². The SMILES string of the molecule is CCCCCCCCCCCCCCCCCCNC(=O)C(C(C(=O)O)=C(C)C)=C(CC(F)(F)F)c1nc(C)oc1C(=O)CCCCCCCCCCCCCCCCC. The zero-order chi connectivity index (χ0) is 44.4. The van der Waals surface area contributed by atoms with Crippen LogP contribution in [0.15, 0.2) is 21.1 Å². The summed E-state index contributed by atoms with van der Waals surface area (Å²) in [5.74, 6) is -3.38. The van der Waals surface area contributed by atoms with Crippen molar-refractivity contribution in [3.8, 4) is 0 Å². The molecule has 0 aromatic carbocycles. The standard InChI is InChI=1S/C50H85F3N2O5/c1-6-8-10-12-14-16-18-20-22-24-26-28-30-32-34-36-38-54-48(57)45(44(40(3)4)49(58)59)42(39-50(51,52)53)46-47(60-41(5)55-46)43(56)37-35-33-31-29-27-25-23-21-19-17-15-13-11-9-7-2/h6-39H2,1-5H3,(H,54,57)(H,58,59). The van der Waals surface area contributed by atoms with Crippen LogP contribution in [0.4, 0.5) is 13.2 Å². The zero-order valence-corrected chi connectivity index (χ0v) is 38.7. The van der Waals surface area contributed by atoms with Crippen LogP contribution in [-0.4, -0.2) is 40.5 Å². The van der Waals surface area contributed by atoms with E-state index in [9.17, 15) is 32.7 Å². The van der Waals surface area contributed by atoms with E-state index in [0.29, 0.717) is 12.8 Å². The van der Waals surface area contributed by atoms with Gasteiger partial charge in [-0.15, -0.1) is 0 Å². The first kappa shape index (κ1) is 55.1. The van der Waals surface area contributed by atoms with E-state index in [1.807, 2.05) is 0 Å². The van der Waals surface area contributed by atoms with Crippen LogP contribution in [0.1, 0.15) is 262 Å². The third-order valence-corrected chi connectivity index (χ3v) is 11.5. The third kappa shape index (κ3) is 26.4. The number of oxazole rings is 1. The monoisotopic (exact) mass is 851 g/mol. The van der Waals surface area contributed by atoms with Gasteiger partial charge in [-0.1, -0.05) is 206 Å². The average Bonchev–Trinajstić information content (AvgIpc) is 3.59. The Morgan fingerprint density at radius 1 is 0.583 bits per heavy atom. The molecule has 2 N–H and O–H groups in total. The minimum atomic E-state index is -4.83. The van der Waals surface area contributed by atoms with Crippen LogP contribution in [-0.2, 0) is 9.59 Å². The summed E-state index contributed by atoms with van der Waals surface area (Å²) in [5, 5.41) is 12.9. The molecular weight excluding hydrogens is 766 g/mol. The molecule has 0 radical (unpaired) electrons. The van der Waals surface area contributed by atoms with Gasteiger partial charge in [-0.25, -0.2) is 9.78 Å². The maximum absolute atomic E-state index is 14.3. The number of hydrogen-bond acceptors (Lipinski definition) is 5. The summed E-state index contributed by atoms with van der Waals surface area (Å²) in [4.78, 5) is 44.0. The van der Waals surface area contributed by atoms with Crippen LogP contribution in [0.25, 0.3) is 5.57 Å². The highest BCUT2D eigenvalue weighted by atomic mass is 19.4. The number of unbranched alkanes of at least 4 members (excludes halogenated alkanes) is 29. The highest BCUT2D eigenvalue weighted by molar-refractivity contribution is 6.14. The molecule has 1 aromatic rings. The second-order valence-corrected chi connectivity index (χ2v) is 17.4. The molecule has 346 valence electrons. The van der Waals surface area contributed by atoms with Crippen LogP contribution in [0.3, 0.4) is 0 Å². The maximum atomic E-state index is 14.3. The molecule has 0 aliphatic heterocycles. The Labute approximate surface area is 363 Å². The Hall–Kier alpha value is -2.91. The Morgan fingerprint density at radius 2 is 0.950 bits per heavy atom.